The van der Waals surface area contributed by atoms with Crippen LogP contribution >= 0.6 is 0 Å². The average molecular weight is 299 g/mol. The van der Waals surface area contributed by atoms with Crippen molar-refractivity contribution in [3.63, 3.8) is 0 Å². The summed E-state index contributed by atoms with van der Waals surface area (Å²) in [6.45, 7) is 4.35. The van der Waals surface area contributed by atoms with Crippen LogP contribution in [0.1, 0.15) is 22.8 Å². The Bertz CT molecular complexity index is 622. The van der Waals surface area contributed by atoms with Crippen LogP contribution in [0.2, 0.25) is 0 Å². The second-order valence-corrected chi connectivity index (χ2v) is 5.23. The number of amides is 1. The number of carbonyl (C=O) groups excluding carboxylic acids is 1. The van der Waals surface area contributed by atoms with Gasteiger partial charge < -0.3 is 14.8 Å². The molecule has 0 radical (unpaired) electrons. The van der Waals surface area contributed by atoms with Gasteiger partial charge >= 0.3 is 0 Å². The Balaban J connectivity index is 1.86. The van der Waals surface area contributed by atoms with E-state index in [9.17, 15) is 4.79 Å². The number of carbonyl (C=O) groups is 1. The van der Waals surface area contributed by atoms with Gasteiger partial charge in [0.1, 0.15) is 18.1 Å². The highest BCUT2D eigenvalue weighted by Gasteiger charge is 2.11. The van der Waals surface area contributed by atoms with E-state index in [1.807, 2.05) is 38.1 Å². The van der Waals surface area contributed by atoms with Crippen LogP contribution in [0.4, 0.5) is 0 Å². The van der Waals surface area contributed by atoms with Crippen molar-refractivity contribution in [3.05, 3.63) is 59.7 Å². The van der Waals surface area contributed by atoms with Gasteiger partial charge in [0.05, 0.1) is 13.2 Å². The molecule has 0 heterocycles. The maximum Gasteiger partial charge on any atom is 0.251 e. The molecule has 116 valence electrons. The Morgan fingerprint density at radius 3 is 2.55 bits per heavy atom. The third-order valence-corrected chi connectivity index (χ3v) is 3.23. The zero-order valence-electron chi connectivity index (χ0n) is 13.1. The van der Waals surface area contributed by atoms with Gasteiger partial charge in [-0.1, -0.05) is 23.8 Å². The van der Waals surface area contributed by atoms with E-state index in [0.29, 0.717) is 17.9 Å². The fraction of sp³-hybridized carbons (Fsp3) is 0.278. The van der Waals surface area contributed by atoms with Crippen LogP contribution in [0.3, 0.4) is 0 Å². The first kappa shape index (κ1) is 15.9. The van der Waals surface area contributed by atoms with Crippen LogP contribution in [0.15, 0.2) is 48.5 Å². The zero-order chi connectivity index (χ0) is 15.9. The number of benzene rings is 2. The molecule has 1 N–H and O–H groups in total. The molecule has 22 heavy (non-hydrogen) atoms. The van der Waals surface area contributed by atoms with Crippen LogP contribution in [-0.4, -0.2) is 25.7 Å². The van der Waals surface area contributed by atoms with Gasteiger partial charge in [-0.05, 0) is 44.2 Å². The smallest absolute Gasteiger partial charge is 0.251 e. The molecule has 1 amide bonds. The summed E-state index contributed by atoms with van der Waals surface area (Å²) in [4.78, 5) is 12.2. The standard InChI is InChI=1S/C18H21NO3/c1-13-7-9-16(10-8-13)22-12-14(2)19-18(20)15-5-4-6-17(11-15)21-3/h4-11,14H,12H2,1-3H3,(H,19,20)/t14-/m0/s1. The van der Waals surface area contributed by atoms with E-state index >= 15 is 0 Å². The summed E-state index contributed by atoms with van der Waals surface area (Å²) in [6.07, 6.45) is 0. The van der Waals surface area contributed by atoms with Crippen molar-refractivity contribution >= 4 is 5.91 Å². The third kappa shape index (κ3) is 4.52. The molecule has 2 aromatic rings. The monoisotopic (exact) mass is 299 g/mol. The Morgan fingerprint density at radius 2 is 1.86 bits per heavy atom. The fourth-order valence-electron chi connectivity index (χ4n) is 1.97. The molecule has 2 aromatic carbocycles. The van der Waals surface area contributed by atoms with E-state index in [1.165, 1.54) is 5.56 Å². The number of nitrogens with one attached hydrogen (secondary N) is 1. The molecular weight excluding hydrogens is 278 g/mol. The van der Waals surface area contributed by atoms with Crippen molar-refractivity contribution in [1.82, 2.24) is 5.32 Å². The average Bonchev–Trinajstić information content (AvgIpc) is 2.54. The molecule has 0 aromatic heterocycles. The van der Waals surface area contributed by atoms with Crippen LogP contribution in [-0.2, 0) is 0 Å². The van der Waals surface area contributed by atoms with Crippen molar-refractivity contribution in [2.45, 2.75) is 19.9 Å². The zero-order valence-corrected chi connectivity index (χ0v) is 13.1. The predicted molar refractivity (Wildman–Crippen MR) is 86.6 cm³/mol. The number of aryl methyl sites for hydroxylation is 1. The molecule has 2 rings (SSSR count). The Labute approximate surface area is 131 Å². The minimum Gasteiger partial charge on any atom is -0.497 e. The van der Waals surface area contributed by atoms with E-state index in [1.54, 1.807) is 31.4 Å². The molecule has 0 aliphatic heterocycles. The lowest BCUT2D eigenvalue weighted by Gasteiger charge is -2.15. The van der Waals surface area contributed by atoms with E-state index in [0.717, 1.165) is 5.75 Å². The summed E-state index contributed by atoms with van der Waals surface area (Å²) in [5, 5.41) is 2.91. The number of hydrogen-bond donors (Lipinski definition) is 1. The van der Waals surface area contributed by atoms with Gasteiger partial charge in [-0.2, -0.15) is 0 Å². The SMILES string of the molecule is COc1cccc(C(=O)N[C@@H](C)COc2ccc(C)cc2)c1. The quantitative estimate of drug-likeness (QED) is 0.891. The van der Waals surface area contributed by atoms with Crippen molar-refractivity contribution in [2.24, 2.45) is 0 Å². The van der Waals surface area contributed by atoms with Crippen LogP contribution in [0, 0.1) is 6.92 Å². The molecule has 0 saturated carbocycles. The van der Waals surface area contributed by atoms with Crippen molar-refractivity contribution in [3.8, 4) is 11.5 Å². The van der Waals surface area contributed by atoms with Gasteiger partial charge in [-0.3, -0.25) is 4.79 Å². The summed E-state index contributed by atoms with van der Waals surface area (Å²) in [7, 11) is 1.58. The van der Waals surface area contributed by atoms with Gasteiger partial charge in [-0.15, -0.1) is 0 Å². The van der Waals surface area contributed by atoms with Crippen LogP contribution in [0.25, 0.3) is 0 Å². The minimum absolute atomic E-state index is 0.0972. The molecule has 1 atom stereocenters. The van der Waals surface area contributed by atoms with E-state index in [2.05, 4.69) is 5.32 Å². The second-order valence-electron chi connectivity index (χ2n) is 5.23. The Hall–Kier alpha value is -2.49. The minimum atomic E-state index is -0.140. The van der Waals surface area contributed by atoms with Gasteiger partial charge in [0.25, 0.3) is 5.91 Å². The van der Waals surface area contributed by atoms with Gasteiger partial charge in [-0.25, -0.2) is 0 Å². The molecule has 0 fully saturated rings. The highest BCUT2D eigenvalue weighted by atomic mass is 16.5. The maximum absolute atomic E-state index is 12.2. The molecular formula is C18H21NO3. The molecule has 0 aliphatic rings. The van der Waals surface area contributed by atoms with Crippen molar-refractivity contribution in [1.29, 1.82) is 0 Å². The number of rotatable bonds is 6. The molecule has 0 saturated heterocycles. The summed E-state index contributed by atoms with van der Waals surface area (Å²) >= 11 is 0. The highest BCUT2D eigenvalue weighted by Crippen LogP contribution is 2.13. The summed E-state index contributed by atoms with van der Waals surface area (Å²) in [5.74, 6) is 1.32. The third-order valence-electron chi connectivity index (χ3n) is 3.23. The lowest BCUT2D eigenvalue weighted by molar-refractivity contribution is 0.0926. The van der Waals surface area contributed by atoms with Crippen LogP contribution in [0.5, 0.6) is 11.5 Å². The summed E-state index contributed by atoms with van der Waals surface area (Å²) in [5.41, 5.74) is 1.76. The molecule has 4 heteroatoms. The largest absolute Gasteiger partial charge is 0.497 e. The molecule has 0 spiro atoms. The van der Waals surface area contributed by atoms with Gasteiger partial charge in [0.2, 0.25) is 0 Å². The van der Waals surface area contributed by atoms with E-state index in [-0.39, 0.29) is 11.9 Å². The topological polar surface area (TPSA) is 47.6 Å². The first-order valence-corrected chi connectivity index (χ1v) is 7.23. The summed E-state index contributed by atoms with van der Waals surface area (Å²) in [6, 6.07) is 14.8. The number of hydrogen-bond acceptors (Lipinski definition) is 3. The van der Waals surface area contributed by atoms with E-state index in [4.69, 9.17) is 9.47 Å². The lowest BCUT2D eigenvalue weighted by Crippen LogP contribution is -2.36. The Morgan fingerprint density at radius 1 is 1.14 bits per heavy atom. The number of ether oxygens (including phenoxy) is 2. The molecule has 4 nitrogen and oxygen atoms in total. The predicted octanol–water partition coefficient (Wildman–Crippen LogP) is 3.20. The first-order valence-electron chi connectivity index (χ1n) is 7.23. The van der Waals surface area contributed by atoms with Gasteiger partial charge in [0, 0.05) is 5.56 Å². The molecule has 0 unspecified atom stereocenters. The normalized spacial score (nSPS) is 11.6. The molecule has 0 bridgehead atoms. The van der Waals surface area contributed by atoms with E-state index < -0.39 is 0 Å². The second kappa shape index (κ2) is 7.50. The highest BCUT2D eigenvalue weighted by molar-refractivity contribution is 5.94. The first-order chi connectivity index (χ1) is 10.6. The lowest BCUT2D eigenvalue weighted by atomic mass is 10.2. The maximum atomic E-state index is 12.2. The van der Waals surface area contributed by atoms with Gasteiger partial charge in [0.15, 0.2) is 0 Å². The van der Waals surface area contributed by atoms with Crippen molar-refractivity contribution in [2.75, 3.05) is 13.7 Å². The van der Waals surface area contributed by atoms with Crippen LogP contribution < -0.4 is 14.8 Å². The Kier molecular flexibility index (Phi) is 5.42. The summed E-state index contributed by atoms with van der Waals surface area (Å²) < 4.78 is 10.8. The number of methoxy groups -OCH3 is 1. The fourth-order valence-corrected chi connectivity index (χ4v) is 1.97. The molecule has 0 aliphatic carbocycles. The van der Waals surface area contributed by atoms with Crippen molar-refractivity contribution < 1.29 is 14.3 Å².